The largest absolute Gasteiger partial charge is 0.488 e. The Morgan fingerprint density at radius 2 is 2.21 bits per heavy atom. The van der Waals surface area contributed by atoms with Crippen molar-refractivity contribution >= 4 is 16.9 Å². The molecule has 0 fully saturated rings. The third kappa shape index (κ3) is 2.60. The number of amides is 1. The van der Waals surface area contributed by atoms with Crippen LogP contribution in [-0.2, 0) is 13.0 Å². The summed E-state index contributed by atoms with van der Waals surface area (Å²) >= 11 is 0. The van der Waals surface area contributed by atoms with Crippen LogP contribution < -0.4 is 10.1 Å². The second kappa shape index (κ2) is 5.96. The van der Waals surface area contributed by atoms with Crippen molar-refractivity contribution < 1.29 is 9.53 Å². The van der Waals surface area contributed by atoms with Crippen LogP contribution in [0.3, 0.4) is 0 Å². The first-order valence-corrected chi connectivity index (χ1v) is 8.10. The first-order valence-electron chi connectivity index (χ1n) is 8.10. The number of fused-ring (bicyclic) bond motifs is 2. The molecule has 24 heavy (non-hydrogen) atoms. The van der Waals surface area contributed by atoms with Crippen molar-refractivity contribution in [1.82, 2.24) is 20.3 Å². The van der Waals surface area contributed by atoms with E-state index in [-0.39, 0.29) is 12.0 Å². The molecule has 2 aromatic carbocycles. The van der Waals surface area contributed by atoms with Gasteiger partial charge < -0.3 is 10.1 Å². The molecule has 0 saturated heterocycles. The second-order valence-corrected chi connectivity index (χ2v) is 5.87. The molecule has 0 spiro atoms. The average molecular weight is 322 g/mol. The van der Waals surface area contributed by atoms with E-state index in [4.69, 9.17) is 4.74 Å². The van der Waals surface area contributed by atoms with Gasteiger partial charge in [-0.1, -0.05) is 23.4 Å². The monoisotopic (exact) mass is 322 g/mol. The molecule has 0 aliphatic carbocycles. The van der Waals surface area contributed by atoms with Crippen LogP contribution in [0.2, 0.25) is 0 Å². The van der Waals surface area contributed by atoms with Gasteiger partial charge >= 0.3 is 0 Å². The van der Waals surface area contributed by atoms with E-state index in [2.05, 4.69) is 21.7 Å². The molecule has 0 radical (unpaired) electrons. The van der Waals surface area contributed by atoms with Gasteiger partial charge in [0.05, 0.1) is 12.1 Å². The lowest BCUT2D eigenvalue weighted by Gasteiger charge is -2.12. The Morgan fingerprint density at radius 3 is 3.04 bits per heavy atom. The molecule has 122 valence electrons. The maximum atomic E-state index is 12.4. The summed E-state index contributed by atoms with van der Waals surface area (Å²) < 4.78 is 7.65. The van der Waals surface area contributed by atoms with Crippen molar-refractivity contribution in [2.45, 2.75) is 26.0 Å². The summed E-state index contributed by atoms with van der Waals surface area (Å²) in [6.45, 7) is 3.24. The fraction of sp³-hybridized carbons (Fsp3) is 0.278. The van der Waals surface area contributed by atoms with Gasteiger partial charge in [0.15, 0.2) is 0 Å². The van der Waals surface area contributed by atoms with Gasteiger partial charge in [0.1, 0.15) is 17.4 Å². The fourth-order valence-electron chi connectivity index (χ4n) is 3.02. The minimum Gasteiger partial charge on any atom is -0.488 e. The molecule has 0 unspecified atom stereocenters. The maximum Gasteiger partial charge on any atom is 0.251 e. The summed E-state index contributed by atoms with van der Waals surface area (Å²) in [6, 6.07) is 13.4. The lowest BCUT2D eigenvalue weighted by Crippen LogP contribution is -2.34. The number of hydrogen-bond donors (Lipinski definition) is 1. The number of carbonyl (C=O) groups is 1. The zero-order chi connectivity index (χ0) is 16.5. The van der Waals surface area contributed by atoms with Crippen LogP contribution in [0.25, 0.3) is 11.0 Å². The first-order chi connectivity index (χ1) is 11.7. The van der Waals surface area contributed by atoms with Gasteiger partial charge in [-0.3, -0.25) is 4.79 Å². The highest BCUT2D eigenvalue weighted by Gasteiger charge is 2.22. The highest BCUT2D eigenvalue weighted by Crippen LogP contribution is 2.27. The van der Waals surface area contributed by atoms with Crippen LogP contribution in [-0.4, -0.2) is 33.5 Å². The Labute approximate surface area is 139 Å². The first kappa shape index (κ1) is 14.7. The number of para-hydroxylation sites is 1. The van der Waals surface area contributed by atoms with Crippen LogP contribution in [0.1, 0.15) is 22.8 Å². The zero-order valence-corrected chi connectivity index (χ0v) is 13.4. The molecule has 2 heterocycles. The summed E-state index contributed by atoms with van der Waals surface area (Å²) in [5.74, 6) is 0.789. The summed E-state index contributed by atoms with van der Waals surface area (Å²) in [4.78, 5) is 12.4. The van der Waals surface area contributed by atoms with Crippen LogP contribution >= 0.6 is 0 Å². The Bertz CT molecular complexity index is 878. The van der Waals surface area contributed by atoms with Gasteiger partial charge in [-0.15, -0.1) is 5.10 Å². The van der Waals surface area contributed by atoms with E-state index in [1.807, 2.05) is 31.2 Å². The van der Waals surface area contributed by atoms with E-state index in [1.54, 1.807) is 16.8 Å². The summed E-state index contributed by atoms with van der Waals surface area (Å²) in [5, 5.41) is 11.1. The quantitative estimate of drug-likeness (QED) is 0.799. The predicted molar refractivity (Wildman–Crippen MR) is 90.1 cm³/mol. The predicted octanol–water partition coefficient (Wildman–Crippen LogP) is 2.18. The molecule has 0 saturated carbocycles. The van der Waals surface area contributed by atoms with Crippen molar-refractivity contribution in [1.29, 1.82) is 0 Å². The van der Waals surface area contributed by atoms with Crippen molar-refractivity contribution in [3.8, 4) is 5.75 Å². The number of ether oxygens (including phenoxy) is 1. The summed E-state index contributed by atoms with van der Waals surface area (Å²) in [5.41, 5.74) is 3.44. The van der Waals surface area contributed by atoms with Gasteiger partial charge in [0, 0.05) is 18.5 Å². The standard InChI is InChI=1S/C18H18N4O2/c1-2-22-16-8-7-13(10-15(16)20-21-22)18(23)19-11-14-9-12-5-3-4-6-17(12)24-14/h3-8,10,14H,2,9,11H2,1H3,(H,19,23)/t14-/m0/s1. The zero-order valence-electron chi connectivity index (χ0n) is 13.4. The molecule has 1 N–H and O–H groups in total. The number of hydrogen-bond acceptors (Lipinski definition) is 4. The van der Waals surface area contributed by atoms with E-state index in [0.717, 1.165) is 29.7 Å². The van der Waals surface area contributed by atoms with E-state index < -0.39 is 0 Å². The normalized spacial score (nSPS) is 16.0. The fourth-order valence-corrected chi connectivity index (χ4v) is 3.02. The molecule has 6 nitrogen and oxygen atoms in total. The molecule has 4 rings (SSSR count). The second-order valence-electron chi connectivity index (χ2n) is 5.87. The topological polar surface area (TPSA) is 69.0 Å². The number of carbonyl (C=O) groups excluding carboxylic acids is 1. The van der Waals surface area contributed by atoms with Crippen LogP contribution in [0.5, 0.6) is 5.75 Å². The lowest BCUT2D eigenvalue weighted by molar-refractivity contribution is 0.0933. The Hall–Kier alpha value is -2.89. The van der Waals surface area contributed by atoms with Crippen molar-refractivity contribution in [3.05, 3.63) is 53.6 Å². The highest BCUT2D eigenvalue weighted by atomic mass is 16.5. The van der Waals surface area contributed by atoms with Gasteiger partial charge in [0.2, 0.25) is 0 Å². The van der Waals surface area contributed by atoms with E-state index in [0.29, 0.717) is 12.1 Å². The SMILES string of the molecule is CCn1nnc2cc(C(=O)NC[C@@H]3Cc4ccccc4O3)ccc21. The highest BCUT2D eigenvalue weighted by molar-refractivity contribution is 5.97. The van der Waals surface area contributed by atoms with Crippen molar-refractivity contribution in [3.63, 3.8) is 0 Å². The summed E-state index contributed by atoms with van der Waals surface area (Å²) in [7, 11) is 0. The number of benzene rings is 2. The Balaban J connectivity index is 1.42. The van der Waals surface area contributed by atoms with Crippen molar-refractivity contribution in [2.24, 2.45) is 0 Å². The van der Waals surface area contributed by atoms with Crippen LogP contribution in [0.15, 0.2) is 42.5 Å². The smallest absolute Gasteiger partial charge is 0.251 e. The van der Waals surface area contributed by atoms with Crippen LogP contribution in [0.4, 0.5) is 0 Å². The third-order valence-corrected chi connectivity index (χ3v) is 4.28. The van der Waals surface area contributed by atoms with Gasteiger partial charge in [0.25, 0.3) is 5.91 Å². The van der Waals surface area contributed by atoms with Crippen molar-refractivity contribution in [2.75, 3.05) is 6.54 Å². The molecule has 1 aliphatic heterocycles. The summed E-state index contributed by atoms with van der Waals surface area (Å²) in [6.07, 6.45) is 0.802. The number of aromatic nitrogens is 3. The Kier molecular flexibility index (Phi) is 3.65. The van der Waals surface area contributed by atoms with E-state index in [9.17, 15) is 4.79 Å². The molecule has 1 aliphatic rings. The Morgan fingerprint density at radius 1 is 1.33 bits per heavy atom. The number of nitrogens with one attached hydrogen (secondary N) is 1. The average Bonchev–Trinajstić information content (AvgIpc) is 3.22. The number of nitrogens with zero attached hydrogens (tertiary/aromatic N) is 3. The van der Waals surface area contributed by atoms with Crippen LogP contribution in [0, 0.1) is 0 Å². The molecular formula is C18H18N4O2. The molecule has 0 bridgehead atoms. The number of aryl methyl sites for hydroxylation is 1. The molecule has 6 heteroatoms. The van der Waals surface area contributed by atoms with Gasteiger partial charge in [-0.25, -0.2) is 4.68 Å². The van der Waals surface area contributed by atoms with Gasteiger partial charge in [-0.05, 0) is 36.8 Å². The maximum absolute atomic E-state index is 12.4. The minimum atomic E-state index is -0.123. The van der Waals surface area contributed by atoms with Gasteiger partial charge in [-0.2, -0.15) is 0 Å². The molecule has 1 amide bonds. The number of rotatable bonds is 4. The molecule has 1 atom stereocenters. The molecule has 3 aromatic rings. The van der Waals surface area contributed by atoms with E-state index >= 15 is 0 Å². The minimum absolute atomic E-state index is 0.0175. The third-order valence-electron chi connectivity index (χ3n) is 4.28. The lowest BCUT2D eigenvalue weighted by atomic mass is 10.1. The molecular weight excluding hydrogens is 304 g/mol. The van der Waals surface area contributed by atoms with E-state index in [1.165, 1.54) is 5.56 Å². The molecule has 1 aromatic heterocycles.